The van der Waals surface area contributed by atoms with Crippen molar-refractivity contribution in [3.63, 3.8) is 0 Å². The molecule has 1 atom stereocenters. The van der Waals surface area contributed by atoms with Gasteiger partial charge in [0.25, 0.3) is 10.1 Å². The van der Waals surface area contributed by atoms with E-state index in [9.17, 15) is 18.0 Å². The van der Waals surface area contributed by atoms with E-state index in [2.05, 4.69) is 0 Å². The molecule has 8 nitrogen and oxygen atoms in total. The first kappa shape index (κ1) is 24.5. The van der Waals surface area contributed by atoms with Crippen molar-refractivity contribution in [2.45, 2.75) is 63.9 Å². The van der Waals surface area contributed by atoms with Crippen LogP contribution < -0.4 is 0 Å². The number of piperidine rings is 1. The number of ether oxygens (including phenoxy) is 1. The van der Waals surface area contributed by atoms with E-state index in [1.165, 1.54) is 0 Å². The lowest BCUT2D eigenvalue weighted by Crippen LogP contribution is -2.47. The van der Waals surface area contributed by atoms with Gasteiger partial charge in [-0.05, 0) is 52.0 Å². The quantitative estimate of drug-likeness (QED) is 0.598. The Morgan fingerprint density at radius 2 is 1.78 bits per heavy atom. The number of hydrogen-bond acceptors (Lipinski definition) is 6. The van der Waals surface area contributed by atoms with E-state index >= 15 is 0 Å². The molecule has 0 saturated carbocycles. The van der Waals surface area contributed by atoms with E-state index in [-0.39, 0.29) is 30.4 Å². The zero-order chi connectivity index (χ0) is 23.6. The minimum Gasteiger partial charge on any atom is -0.444 e. The number of carbonyl (C=O) groups is 2. The zero-order valence-corrected chi connectivity index (χ0v) is 20.2. The first-order valence-electron chi connectivity index (χ1n) is 11.1. The normalized spacial score (nSPS) is 21.2. The summed E-state index contributed by atoms with van der Waals surface area (Å²) in [5.41, 5.74) is -0.376. The van der Waals surface area contributed by atoms with Crippen LogP contribution in [0.15, 0.2) is 30.3 Å². The molecule has 178 valence electrons. The summed E-state index contributed by atoms with van der Waals surface area (Å²) < 4.78 is 35.2. The molecule has 0 aromatic heterocycles. The third-order valence-corrected chi connectivity index (χ3v) is 7.43. The molecule has 2 fully saturated rings. The van der Waals surface area contributed by atoms with Gasteiger partial charge in [-0.1, -0.05) is 30.3 Å². The molecule has 2 saturated heterocycles. The number of rotatable bonds is 6. The van der Waals surface area contributed by atoms with Crippen molar-refractivity contribution in [3.8, 4) is 0 Å². The lowest BCUT2D eigenvalue weighted by molar-refractivity contribution is -0.137. The van der Waals surface area contributed by atoms with Gasteiger partial charge in [0.15, 0.2) is 0 Å². The van der Waals surface area contributed by atoms with Gasteiger partial charge >= 0.3 is 6.09 Å². The molecular weight excluding hydrogens is 432 g/mol. The molecule has 1 aromatic carbocycles. The molecule has 1 spiro atoms. The smallest absolute Gasteiger partial charge is 0.410 e. The molecule has 0 N–H and O–H groups in total. The maximum atomic E-state index is 13.0. The third kappa shape index (κ3) is 6.01. The van der Waals surface area contributed by atoms with Crippen molar-refractivity contribution in [2.24, 2.45) is 5.41 Å². The van der Waals surface area contributed by atoms with Crippen LogP contribution in [-0.2, 0) is 29.6 Å². The average Bonchev–Trinajstić information content (AvgIpc) is 2.92. The zero-order valence-electron chi connectivity index (χ0n) is 19.4. The summed E-state index contributed by atoms with van der Waals surface area (Å²) in [6.07, 6.45) is 1.91. The van der Waals surface area contributed by atoms with Crippen LogP contribution in [0.3, 0.4) is 0 Å². The second-order valence-corrected chi connectivity index (χ2v) is 11.5. The highest BCUT2D eigenvalue weighted by atomic mass is 32.2. The summed E-state index contributed by atoms with van der Waals surface area (Å²) >= 11 is 0. The van der Waals surface area contributed by atoms with Gasteiger partial charge in [0, 0.05) is 26.2 Å². The second-order valence-electron chi connectivity index (χ2n) is 9.82. The topological polar surface area (TPSA) is 93.2 Å². The van der Waals surface area contributed by atoms with Crippen LogP contribution in [0.2, 0.25) is 0 Å². The van der Waals surface area contributed by atoms with Gasteiger partial charge in [0.1, 0.15) is 11.4 Å². The molecule has 2 aliphatic rings. The van der Waals surface area contributed by atoms with Crippen molar-refractivity contribution in [3.05, 3.63) is 35.9 Å². The van der Waals surface area contributed by atoms with Gasteiger partial charge in [-0.15, -0.1) is 0 Å². The van der Waals surface area contributed by atoms with Gasteiger partial charge in [-0.25, -0.2) is 4.79 Å². The SMILES string of the molecule is CN1C(=O)C2(CCN(C(=O)OC(C)(C)C)CC2)C[C@@H]1CCOS(=O)(=O)Cc1ccccc1. The molecule has 0 unspecified atom stereocenters. The molecule has 3 rings (SSSR count). The molecular formula is C23H34N2O6S. The molecule has 2 aliphatic heterocycles. The summed E-state index contributed by atoms with van der Waals surface area (Å²) in [5, 5.41) is 0. The van der Waals surface area contributed by atoms with Gasteiger partial charge in [-0.3, -0.25) is 8.98 Å². The van der Waals surface area contributed by atoms with E-state index in [0.717, 1.165) is 0 Å². The maximum absolute atomic E-state index is 13.0. The van der Waals surface area contributed by atoms with Crippen LogP contribution in [0.1, 0.15) is 52.0 Å². The maximum Gasteiger partial charge on any atom is 0.410 e. The van der Waals surface area contributed by atoms with E-state index in [0.29, 0.717) is 44.3 Å². The number of amides is 2. The Kier molecular flexibility index (Phi) is 7.19. The number of likely N-dealkylation sites (tertiary alicyclic amines) is 2. The Balaban J connectivity index is 1.51. The number of carbonyl (C=O) groups excluding carboxylic acids is 2. The van der Waals surface area contributed by atoms with E-state index < -0.39 is 21.1 Å². The Morgan fingerprint density at radius 3 is 2.38 bits per heavy atom. The van der Waals surface area contributed by atoms with Gasteiger partial charge in [0.05, 0.1) is 12.0 Å². The Morgan fingerprint density at radius 1 is 1.16 bits per heavy atom. The molecule has 2 heterocycles. The van der Waals surface area contributed by atoms with Crippen molar-refractivity contribution in [1.29, 1.82) is 0 Å². The fourth-order valence-corrected chi connectivity index (χ4v) is 5.54. The first-order valence-corrected chi connectivity index (χ1v) is 12.6. The molecule has 1 aromatic rings. The molecule has 9 heteroatoms. The first-order chi connectivity index (χ1) is 14.9. The highest BCUT2D eigenvalue weighted by Crippen LogP contribution is 2.44. The van der Waals surface area contributed by atoms with E-state index in [1.807, 2.05) is 26.8 Å². The number of benzene rings is 1. The predicted molar refractivity (Wildman–Crippen MR) is 120 cm³/mol. The average molecular weight is 467 g/mol. The summed E-state index contributed by atoms with van der Waals surface area (Å²) in [6, 6.07) is 8.82. The lowest BCUT2D eigenvalue weighted by atomic mass is 9.76. The van der Waals surface area contributed by atoms with Crippen LogP contribution in [0.5, 0.6) is 0 Å². The second kappa shape index (κ2) is 9.39. The molecule has 32 heavy (non-hydrogen) atoms. The monoisotopic (exact) mass is 466 g/mol. The number of nitrogens with zero attached hydrogens (tertiary/aromatic N) is 2. The van der Waals surface area contributed by atoms with E-state index in [4.69, 9.17) is 8.92 Å². The third-order valence-electron chi connectivity index (χ3n) is 6.22. The highest BCUT2D eigenvalue weighted by molar-refractivity contribution is 7.85. The van der Waals surface area contributed by atoms with Crippen molar-refractivity contribution < 1.29 is 26.9 Å². The van der Waals surface area contributed by atoms with Crippen LogP contribution >= 0.6 is 0 Å². The Hall–Kier alpha value is -2.13. The molecule has 0 bridgehead atoms. The van der Waals surface area contributed by atoms with Gasteiger partial charge in [-0.2, -0.15) is 8.42 Å². The summed E-state index contributed by atoms with van der Waals surface area (Å²) in [7, 11) is -1.92. The van der Waals surface area contributed by atoms with Gasteiger partial charge in [0.2, 0.25) is 5.91 Å². The minimum absolute atomic E-state index is 0.0393. The molecule has 0 aliphatic carbocycles. The van der Waals surface area contributed by atoms with Crippen molar-refractivity contribution >= 4 is 22.1 Å². The van der Waals surface area contributed by atoms with Crippen LogP contribution in [0.25, 0.3) is 0 Å². The van der Waals surface area contributed by atoms with E-state index in [1.54, 1.807) is 41.1 Å². The fourth-order valence-electron chi connectivity index (χ4n) is 4.50. The Bertz CT molecular complexity index is 918. The van der Waals surface area contributed by atoms with Crippen LogP contribution in [0.4, 0.5) is 4.79 Å². The Labute approximate surface area is 191 Å². The number of hydrogen-bond donors (Lipinski definition) is 0. The summed E-state index contributed by atoms with van der Waals surface area (Å²) in [5.74, 6) is -0.101. The fraction of sp³-hybridized carbons (Fsp3) is 0.652. The summed E-state index contributed by atoms with van der Waals surface area (Å²) in [6.45, 7) is 6.49. The predicted octanol–water partition coefficient (Wildman–Crippen LogP) is 3.17. The van der Waals surface area contributed by atoms with Gasteiger partial charge < -0.3 is 14.5 Å². The lowest BCUT2D eigenvalue weighted by Gasteiger charge is -2.38. The van der Waals surface area contributed by atoms with Crippen LogP contribution in [0, 0.1) is 5.41 Å². The van der Waals surface area contributed by atoms with Crippen LogP contribution in [-0.4, -0.2) is 68.6 Å². The van der Waals surface area contributed by atoms with Crippen molar-refractivity contribution in [1.82, 2.24) is 9.80 Å². The molecule has 0 radical (unpaired) electrons. The highest BCUT2D eigenvalue weighted by Gasteiger charge is 2.51. The largest absolute Gasteiger partial charge is 0.444 e. The standard InChI is InChI=1S/C23H34N2O6S/c1-22(2,3)31-21(27)25-13-11-23(12-14-25)16-19(24(4)20(23)26)10-15-30-32(28,29)17-18-8-6-5-7-9-18/h5-9,19H,10-17H2,1-4H3/t19-/m0/s1. The molecule has 2 amide bonds. The van der Waals surface area contributed by atoms with Crippen molar-refractivity contribution in [2.75, 3.05) is 26.7 Å². The minimum atomic E-state index is -3.68. The summed E-state index contributed by atoms with van der Waals surface area (Å²) in [4.78, 5) is 28.7.